The summed E-state index contributed by atoms with van der Waals surface area (Å²) in [6.45, 7) is 6.21. The third-order valence-corrected chi connectivity index (χ3v) is 3.36. The van der Waals surface area contributed by atoms with Crippen molar-refractivity contribution in [2.75, 3.05) is 7.05 Å². The number of rotatable bonds is 5. The van der Waals surface area contributed by atoms with Gasteiger partial charge < -0.3 is 5.32 Å². The van der Waals surface area contributed by atoms with Gasteiger partial charge in [0.05, 0.1) is 4.92 Å². The lowest BCUT2D eigenvalue weighted by molar-refractivity contribution is -0.384. The van der Waals surface area contributed by atoms with Crippen molar-refractivity contribution >= 4 is 5.69 Å². The van der Waals surface area contributed by atoms with E-state index < -0.39 is 0 Å². The number of hydrogen-bond donors (Lipinski definition) is 1. The Morgan fingerprint density at radius 1 is 1.47 bits per heavy atom. The van der Waals surface area contributed by atoms with Crippen LogP contribution in [0.2, 0.25) is 0 Å². The number of nitro benzene ring substituents is 1. The van der Waals surface area contributed by atoms with E-state index >= 15 is 0 Å². The first-order chi connectivity index (χ1) is 8.01. The van der Waals surface area contributed by atoms with Gasteiger partial charge in [0.2, 0.25) is 0 Å². The van der Waals surface area contributed by atoms with Crippen LogP contribution >= 0.6 is 0 Å². The first kappa shape index (κ1) is 13.6. The molecule has 2 atom stereocenters. The highest BCUT2D eigenvalue weighted by Crippen LogP contribution is 2.28. The summed E-state index contributed by atoms with van der Waals surface area (Å²) in [5, 5.41) is 13.9. The fourth-order valence-corrected chi connectivity index (χ4v) is 2.23. The van der Waals surface area contributed by atoms with Crippen molar-refractivity contribution in [3.8, 4) is 0 Å². The Kier molecular flexibility index (Phi) is 4.63. The van der Waals surface area contributed by atoms with E-state index in [1.165, 1.54) is 5.56 Å². The molecule has 1 aromatic rings. The van der Waals surface area contributed by atoms with Crippen molar-refractivity contribution in [2.45, 2.75) is 39.2 Å². The van der Waals surface area contributed by atoms with Crippen LogP contribution in [0.3, 0.4) is 0 Å². The topological polar surface area (TPSA) is 55.2 Å². The lowest BCUT2D eigenvalue weighted by atomic mass is 9.87. The number of nitrogens with one attached hydrogen (secondary N) is 1. The molecule has 0 fully saturated rings. The highest BCUT2D eigenvalue weighted by Gasteiger charge is 2.19. The van der Waals surface area contributed by atoms with Crippen molar-refractivity contribution in [2.24, 2.45) is 0 Å². The maximum Gasteiger partial charge on any atom is 0.269 e. The Morgan fingerprint density at radius 3 is 2.53 bits per heavy atom. The summed E-state index contributed by atoms with van der Waals surface area (Å²) in [5.41, 5.74) is 2.35. The van der Waals surface area contributed by atoms with Gasteiger partial charge in [-0.15, -0.1) is 0 Å². The minimum Gasteiger partial charge on any atom is -0.317 e. The third-order valence-electron chi connectivity index (χ3n) is 3.36. The average Bonchev–Trinajstić information content (AvgIpc) is 2.31. The van der Waals surface area contributed by atoms with Gasteiger partial charge in [0.15, 0.2) is 0 Å². The van der Waals surface area contributed by atoms with Crippen LogP contribution in [-0.2, 0) is 0 Å². The average molecular weight is 236 g/mol. The molecule has 0 aromatic heterocycles. The summed E-state index contributed by atoms with van der Waals surface area (Å²) >= 11 is 0. The molecule has 0 radical (unpaired) electrons. The van der Waals surface area contributed by atoms with Crippen LogP contribution in [0, 0.1) is 17.0 Å². The lowest BCUT2D eigenvalue weighted by Gasteiger charge is -2.24. The first-order valence-electron chi connectivity index (χ1n) is 5.93. The van der Waals surface area contributed by atoms with Crippen molar-refractivity contribution in [1.82, 2.24) is 5.32 Å². The monoisotopic (exact) mass is 236 g/mol. The minimum atomic E-state index is -0.348. The molecule has 0 spiro atoms. The molecule has 0 aliphatic heterocycles. The van der Waals surface area contributed by atoms with Gasteiger partial charge in [-0.2, -0.15) is 0 Å². The van der Waals surface area contributed by atoms with E-state index in [4.69, 9.17) is 0 Å². The van der Waals surface area contributed by atoms with Crippen LogP contribution in [0.4, 0.5) is 5.69 Å². The van der Waals surface area contributed by atoms with E-state index in [0.717, 1.165) is 12.0 Å². The van der Waals surface area contributed by atoms with Crippen molar-refractivity contribution in [3.63, 3.8) is 0 Å². The maximum absolute atomic E-state index is 10.7. The SMILES string of the molecule is CCC(c1ccc([N+](=O)[O-])cc1C)C(C)NC. The zero-order valence-electron chi connectivity index (χ0n) is 10.9. The Bertz CT molecular complexity index is 404. The van der Waals surface area contributed by atoms with Crippen molar-refractivity contribution < 1.29 is 4.92 Å². The van der Waals surface area contributed by atoms with Gasteiger partial charge in [-0.3, -0.25) is 10.1 Å². The largest absolute Gasteiger partial charge is 0.317 e. The second-order valence-corrected chi connectivity index (χ2v) is 4.39. The molecule has 0 saturated heterocycles. The van der Waals surface area contributed by atoms with Crippen LogP contribution in [0.1, 0.15) is 37.3 Å². The number of aryl methyl sites for hydroxylation is 1. The van der Waals surface area contributed by atoms with Crippen LogP contribution in [0.15, 0.2) is 18.2 Å². The molecule has 0 aliphatic carbocycles. The normalized spacial score (nSPS) is 14.4. The second kappa shape index (κ2) is 5.77. The molecule has 0 bridgehead atoms. The minimum absolute atomic E-state index is 0.165. The van der Waals surface area contributed by atoms with Gasteiger partial charge in [-0.25, -0.2) is 0 Å². The molecular weight excluding hydrogens is 216 g/mol. The molecule has 2 unspecified atom stereocenters. The smallest absolute Gasteiger partial charge is 0.269 e. The third kappa shape index (κ3) is 3.03. The fourth-order valence-electron chi connectivity index (χ4n) is 2.23. The molecule has 94 valence electrons. The van der Waals surface area contributed by atoms with Crippen LogP contribution < -0.4 is 5.32 Å². The predicted octanol–water partition coefficient (Wildman–Crippen LogP) is 3.00. The summed E-state index contributed by atoms with van der Waals surface area (Å²) < 4.78 is 0. The maximum atomic E-state index is 10.7. The molecule has 1 N–H and O–H groups in total. The number of benzene rings is 1. The van der Waals surface area contributed by atoms with Gasteiger partial charge in [-0.05, 0) is 44.4 Å². The number of likely N-dealkylation sites (N-methyl/N-ethyl adjacent to an activating group) is 1. The number of nitro groups is 1. The van der Waals surface area contributed by atoms with E-state index in [1.54, 1.807) is 12.1 Å². The summed E-state index contributed by atoms with van der Waals surface area (Å²) in [5.74, 6) is 0.390. The summed E-state index contributed by atoms with van der Waals surface area (Å²) in [6, 6.07) is 5.49. The van der Waals surface area contributed by atoms with Crippen LogP contribution in [0.25, 0.3) is 0 Å². The molecule has 0 heterocycles. The molecule has 1 rings (SSSR count). The van der Waals surface area contributed by atoms with E-state index in [9.17, 15) is 10.1 Å². The molecule has 4 heteroatoms. The second-order valence-electron chi connectivity index (χ2n) is 4.39. The fraction of sp³-hybridized carbons (Fsp3) is 0.538. The highest BCUT2D eigenvalue weighted by atomic mass is 16.6. The number of non-ortho nitro benzene ring substituents is 1. The summed E-state index contributed by atoms with van der Waals surface area (Å²) in [4.78, 5) is 10.3. The van der Waals surface area contributed by atoms with Crippen molar-refractivity contribution in [3.05, 3.63) is 39.4 Å². The molecule has 0 aliphatic rings. The zero-order valence-corrected chi connectivity index (χ0v) is 10.9. The van der Waals surface area contributed by atoms with Crippen molar-refractivity contribution in [1.29, 1.82) is 0 Å². The first-order valence-corrected chi connectivity index (χ1v) is 5.93. The quantitative estimate of drug-likeness (QED) is 0.631. The lowest BCUT2D eigenvalue weighted by Crippen LogP contribution is -2.29. The molecule has 0 saturated carbocycles. The molecule has 4 nitrogen and oxygen atoms in total. The van der Waals surface area contributed by atoms with E-state index in [2.05, 4.69) is 19.2 Å². The summed E-state index contributed by atoms with van der Waals surface area (Å²) in [6.07, 6.45) is 1.01. The van der Waals surface area contributed by atoms with Gasteiger partial charge >= 0.3 is 0 Å². The molecule has 17 heavy (non-hydrogen) atoms. The van der Waals surface area contributed by atoms with Gasteiger partial charge in [0.1, 0.15) is 0 Å². The molecule has 1 aromatic carbocycles. The Labute approximate surface area is 102 Å². The Morgan fingerprint density at radius 2 is 2.12 bits per heavy atom. The summed E-state index contributed by atoms with van der Waals surface area (Å²) in [7, 11) is 1.94. The standard InChI is InChI=1S/C13H20N2O2/c1-5-12(10(3)14-4)13-7-6-11(15(16)17)8-9(13)2/h6-8,10,12,14H,5H2,1-4H3. The Hall–Kier alpha value is -1.42. The predicted molar refractivity (Wildman–Crippen MR) is 69.4 cm³/mol. The van der Waals surface area contributed by atoms with Gasteiger partial charge in [0, 0.05) is 18.2 Å². The van der Waals surface area contributed by atoms with Crippen LogP contribution in [0.5, 0.6) is 0 Å². The number of hydrogen-bond acceptors (Lipinski definition) is 3. The van der Waals surface area contributed by atoms with Gasteiger partial charge in [0.25, 0.3) is 5.69 Å². The molecular formula is C13H20N2O2. The van der Waals surface area contributed by atoms with E-state index in [0.29, 0.717) is 12.0 Å². The van der Waals surface area contributed by atoms with E-state index in [1.807, 2.05) is 20.0 Å². The highest BCUT2D eigenvalue weighted by molar-refractivity contribution is 5.41. The Balaban J connectivity index is 3.09. The number of nitrogens with zero attached hydrogens (tertiary/aromatic N) is 1. The van der Waals surface area contributed by atoms with Crippen LogP contribution in [-0.4, -0.2) is 18.0 Å². The van der Waals surface area contributed by atoms with Gasteiger partial charge in [-0.1, -0.05) is 13.0 Å². The van der Waals surface area contributed by atoms with E-state index in [-0.39, 0.29) is 10.6 Å². The molecule has 0 amide bonds. The zero-order chi connectivity index (χ0) is 13.0.